The van der Waals surface area contributed by atoms with Gasteiger partial charge in [-0.2, -0.15) is 0 Å². The summed E-state index contributed by atoms with van der Waals surface area (Å²) in [6, 6.07) is 19.9. The molecule has 0 radical (unpaired) electrons. The average molecular weight is 362 g/mol. The van der Waals surface area contributed by atoms with E-state index in [-0.39, 0.29) is 5.97 Å². The molecule has 1 aliphatic heterocycles. The van der Waals surface area contributed by atoms with Crippen LogP contribution in [-0.2, 0) is 14.3 Å². The van der Waals surface area contributed by atoms with Crippen molar-refractivity contribution in [3.8, 4) is 0 Å². The van der Waals surface area contributed by atoms with E-state index >= 15 is 0 Å². The summed E-state index contributed by atoms with van der Waals surface area (Å²) < 4.78 is 13.2. The van der Waals surface area contributed by atoms with Crippen molar-refractivity contribution in [2.75, 3.05) is 26.3 Å². The number of nitrogens with zero attached hydrogens (tertiary/aromatic N) is 1. The summed E-state index contributed by atoms with van der Waals surface area (Å²) in [7, 11) is 0. The third-order valence-electron chi connectivity index (χ3n) is 4.24. The van der Waals surface area contributed by atoms with Crippen molar-refractivity contribution in [1.29, 1.82) is 0 Å². The van der Waals surface area contributed by atoms with Crippen LogP contribution in [0.15, 0.2) is 78.9 Å². The Morgan fingerprint density at radius 1 is 0.963 bits per heavy atom. The van der Waals surface area contributed by atoms with Gasteiger partial charge in [0, 0.05) is 24.1 Å². The van der Waals surface area contributed by atoms with Crippen LogP contribution in [0.1, 0.15) is 18.1 Å². The fourth-order valence-corrected chi connectivity index (χ4v) is 2.97. The van der Waals surface area contributed by atoms with Gasteiger partial charge in [-0.3, -0.25) is 4.79 Å². The van der Waals surface area contributed by atoms with Gasteiger partial charge >= 0.3 is 5.97 Å². The summed E-state index contributed by atoms with van der Waals surface area (Å²) in [5.41, 5.74) is 3.15. The molecule has 0 atom stereocenters. The predicted molar refractivity (Wildman–Crippen MR) is 107 cm³/mol. The second-order valence-electron chi connectivity index (χ2n) is 6.20. The lowest BCUT2D eigenvalue weighted by Gasteiger charge is -2.13. The summed E-state index contributed by atoms with van der Waals surface area (Å²) in [5.74, 6) is 0.202. The first-order valence-corrected chi connectivity index (χ1v) is 9.11. The van der Waals surface area contributed by atoms with Crippen LogP contribution >= 0.6 is 0 Å². The molecule has 0 bridgehead atoms. The summed E-state index contributed by atoms with van der Waals surface area (Å²) in [6.07, 6.45) is 5.83. The molecule has 1 aliphatic rings. The molecule has 2 aromatic carbocycles. The highest BCUT2D eigenvalue weighted by Gasteiger charge is 2.17. The number of morpholine rings is 1. The molecule has 138 valence electrons. The van der Waals surface area contributed by atoms with Crippen LogP contribution in [0.25, 0.3) is 5.76 Å². The van der Waals surface area contributed by atoms with Crippen LogP contribution in [0.2, 0.25) is 0 Å². The maximum Gasteiger partial charge on any atom is 0.308 e. The average Bonchev–Trinajstić information content (AvgIpc) is 2.72. The van der Waals surface area contributed by atoms with Gasteiger partial charge in [0.25, 0.3) is 0 Å². The number of carbonyl (C=O) groups excluding carboxylic acids is 1. The summed E-state index contributed by atoms with van der Waals surface area (Å²) in [4.78, 5) is 11.5. The zero-order valence-corrected chi connectivity index (χ0v) is 15.5. The molecule has 27 heavy (non-hydrogen) atoms. The first kappa shape index (κ1) is 18.8. The van der Waals surface area contributed by atoms with E-state index in [4.69, 9.17) is 9.47 Å². The van der Waals surface area contributed by atoms with Crippen molar-refractivity contribution >= 4 is 17.4 Å². The Labute approximate surface area is 160 Å². The van der Waals surface area contributed by atoms with Crippen LogP contribution in [-0.4, -0.2) is 42.6 Å². The van der Waals surface area contributed by atoms with E-state index in [9.17, 15) is 4.79 Å². The Morgan fingerprint density at radius 3 is 2.15 bits per heavy atom. The molecule has 3 rings (SSSR count). The Kier molecular flexibility index (Phi) is 6.72. The number of hydrogen-bond acceptors (Lipinski definition) is 3. The van der Waals surface area contributed by atoms with Crippen LogP contribution in [0, 0.1) is 0 Å². The molecule has 0 aromatic heterocycles. The highest BCUT2D eigenvalue weighted by molar-refractivity contribution is 6.05. The molecule has 1 saturated heterocycles. The number of ether oxygens (including phenoxy) is 2. The molecular weight excluding hydrogens is 338 g/mol. The van der Waals surface area contributed by atoms with E-state index in [1.54, 1.807) is 0 Å². The lowest BCUT2D eigenvalue weighted by Crippen LogP contribution is -2.33. The number of rotatable bonds is 5. The minimum Gasteiger partial charge on any atom is -0.426 e. The first-order chi connectivity index (χ1) is 13.2. The fraction of sp³-hybridized carbons (Fsp3) is 0.217. The Bertz CT molecular complexity index is 844. The van der Waals surface area contributed by atoms with Gasteiger partial charge in [-0.1, -0.05) is 54.6 Å². The number of benzene rings is 2. The maximum absolute atomic E-state index is 11.5. The molecular formula is C23H24NO3+. The number of carbonyl (C=O) groups is 1. The van der Waals surface area contributed by atoms with Crippen molar-refractivity contribution in [3.63, 3.8) is 0 Å². The molecule has 4 nitrogen and oxygen atoms in total. The molecule has 0 saturated carbocycles. The number of esters is 1. The second kappa shape index (κ2) is 9.64. The molecule has 0 amide bonds. The van der Waals surface area contributed by atoms with Crippen molar-refractivity contribution < 1.29 is 18.8 Å². The van der Waals surface area contributed by atoms with Crippen LogP contribution in [0.3, 0.4) is 0 Å². The Hall–Kier alpha value is -2.98. The monoisotopic (exact) mass is 362 g/mol. The normalized spacial score (nSPS) is 15.0. The molecule has 1 fully saturated rings. The van der Waals surface area contributed by atoms with Gasteiger partial charge in [-0.15, -0.1) is 0 Å². The van der Waals surface area contributed by atoms with Crippen LogP contribution < -0.4 is 0 Å². The molecule has 4 heteroatoms. The first-order valence-electron chi connectivity index (χ1n) is 9.11. The van der Waals surface area contributed by atoms with Gasteiger partial charge in [-0.05, 0) is 18.2 Å². The van der Waals surface area contributed by atoms with Crippen molar-refractivity contribution in [2.24, 2.45) is 0 Å². The minimum absolute atomic E-state index is 0.334. The second-order valence-corrected chi connectivity index (χ2v) is 6.20. The zero-order chi connectivity index (χ0) is 18.9. The topological polar surface area (TPSA) is 38.5 Å². The molecule has 0 unspecified atom stereocenters. The number of allylic oxidation sites excluding steroid dienone is 3. The van der Waals surface area contributed by atoms with Gasteiger partial charge in [-0.25, -0.2) is 4.58 Å². The summed E-state index contributed by atoms with van der Waals surface area (Å²) in [5, 5.41) is 0. The van der Waals surface area contributed by atoms with Gasteiger partial charge in [0.05, 0.1) is 0 Å². The lowest BCUT2D eigenvalue weighted by molar-refractivity contribution is -0.548. The van der Waals surface area contributed by atoms with Crippen LogP contribution in [0.4, 0.5) is 0 Å². The smallest absolute Gasteiger partial charge is 0.308 e. The van der Waals surface area contributed by atoms with E-state index in [2.05, 4.69) is 22.8 Å². The van der Waals surface area contributed by atoms with Gasteiger partial charge < -0.3 is 9.47 Å². The minimum atomic E-state index is -0.334. The van der Waals surface area contributed by atoms with Gasteiger partial charge in [0.15, 0.2) is 13.1 Å². The third-order valence-corrected chi connectivity index (χ3v) is 4.24. The Morgan fingerprint density at radius 2 is 1.56 bits per heavy atom. The highest BCUT2D eigenvalue weighted by atomic mass is 16.5. The van der Waals surface area contributed by atoms with E-state index in [1.165, 1.54) is 6.92 Å². The van der Waals surface area contributed by atoms with Gasteiger partial charge in [0.2, 0.25) is 5.71 Å². The number of hydrogen-bond donors (Lipinski definition) is 0. The quantitative estimate of drug-likeness (QED) is 0.352. The third kappa shape index (κ3) is 5.50. The largest absolute Gasteiger partial charge is 0.426 e. The Balaban J connectivity index is 1.93. The summed E-state index contributed by atoms with van der Waals surface area (Å²) in [6.45, 7) is 4.57. The van der Waals surface area contributed by atoms with Gasteiger partial charge in [0.1, 0.15) is 19.0 Å². The van der Waals surface area contributed by atoms with E-state index < -0.39 is 0 Å². The molecule has 2 aromatic rings. The molecule has 0 spiro atoms. The van der Waals surface area contributed by atoms with Crippen molar-refractivity contribution in [2.45, 2.75) is 6.92 Å². The lowest BCUT2D eigenvalue weighted by atomic mass is 10.1. The molecule has 0 aliphatic carbocycles. The van der Waals surface area contributed by atoms with E-state index in [0.29, 0.717) is 5.76 Å². The standard InChI is InChI=1S/C23H24NO3/c1-19(25)27-23(21-11-6-3-7-12-21)14-8-13-22(20-9-4-2-5-10-20)24-15-17-26-18-16-24/h2-14H,15-18H2,1H3/q+1/b13-8+,23-14+. The highest BCUT2D eigenvalue weighted by Crippen LogP contribution is 2.16. The van der Waals surface area contributed by atoms with E-state index in [1.807, 2.05) is 60.7 Å². The molecule has 1 heterocycles. The predicted octanol–water partition coefficient (Wildman–Crippen LogP) is 3.68. The van der Waals surface area contributed by atoms with Crippen LogP contribution in [0.5, 0.6) is 0 Å². The van der Waals surface area contributed by atoms with Crippen molar-refractivity contribution in [1.82, 2.24) is 0 Å². The molecule has 0 N–H and O–H groups in total. The summed E-state index contributed by atoms with van der Waals surface area (Å²) >= 11 is 0. The SMILES string of the molecule is CC(=O)O/C(=C/C=C/C(c1ccccc1)=[N+]1CCOCC1)c1ccccc1. The maximum atomic E-state index is 11.5. The fourth-order valence-electron chi connectivity index (χ4n) is 2.97. The van der Waals surface area contributed by atoms with Crippen molar-refractivity contribution in [3.05, 3.63) is 90.0 Å². The van der Waals surface area contributed by atoms with E-state index in [0.717, 1.165) is 43.1 Å². The zero-order valence-electron chi connectivity index (χ0n) is 15.5.